The molecular formula is C30H46FN3O3. The van der Waals surface area contributed by atoms with E-state index in [1.54, 1.807) is 13.1 Å². The second kappa shape index (κ2) is 10.5. The van der Waals surface area contributed by atoms with Crippen LogP contribution in [0.2, 0.25) is 0 Å². The van der Waals surface area contributed by atoms with Gasteiger partial charge in [0.1, 0.15) is 5.82 Å². The molecule has 6 nitrogen and oxygen atoms in total. The van der Waals surface area contributed by atoms with Crippen LogP contribution in [0.1, 0.15) is 71.6 Å². The molecule has 0 spiro atoms. The molecule has 0 aliphatic heterocycles. The maximum Gasteiger partial charge on any atom is 0.157 e. The second-order valence-corrected chi connectivity index (χ2v) is 12.7. The van der Waals surface area contributed by atoms with E-state index in [9.17, 15) is 14.3 Å². The van der Waals surface area contributed by atoms with Crippen molar-refractivity contribution in [1.82, 2.24) is 0 Å². The molecule has 0 radical (unpaired) electrons. The van der Waals surface area contributed by atoms with Gasteiger partial charge in [0, 0.05) is 19.6 Å². The van der Waals surface area contributed by atoms with Crippen LogP contribution in [0.4, 0.5) is 15.8 Å². The first-order chi connectivity index (χ1) is 17.7. The number of hydrogen-bond acceptors (Lipinski definition) is 6. The zero-order valence-electron chi connectivity index (χ0n) is 22.8. The summed E-state index contributed by atoms with van der Waals surface area (Å²) in [5.41, 5.74) is 0.610. The molecule has 206 valence electrons. The third kappa shape index (κ3) is 4.92. The Labute approximate surface area is 221 Å². The number of nitrogens with zero attached hydrogens (tertiary/aromatic N) is 1. The van der Waals surface area contributed by atoms with Gasteiger partial charge < -0.3 is 20.2 Å². The van der Waals surface area contributed by atoms with E-state index in [4.69, 9.17) is 10.6 Å². The van der Waals surface area contributed by atoms with Crippen LogP contribution >= 0.6 is 0 Å². The first-order valence-electron chi connectivity index (χ1n) is 14.5. The van der Waals surface area contributed by atoms with Crippen molar-refractivity contribution >= 4 is 17.2 Å². The number of ketones is 1. The minimum absolute atomic E-state index is 0.0309. The van der Waals surface area contributed by atoms with E-state index < -0.39 is 5.60 Å². The summed E-state index contributed by atoms with van der Waals surface area (Å²) >= 11 is 0. The van der Waals surface area contributed by atoms with Gasteiger partial charge in [0.05, 0.1) is 30.1 Å². The molecule has 0 heterocycles. The lowest BCUT2D eigenvalue weighted by molar-refractivity contribution is -0.136. The largest absolute Gasteiger partial charge is 0.387 e. The van der Waals surface area contributed by atoms with E-state index in [2.05, 4.69) is 12.2 Å². The number of fused-ring (bicyclic) bond motifs is 5. The number of hydrazine groups is 1. The van der Waals surface area contributed by atoms with Gasteiger partial charge in [0.25, 0.3) is 0 Å². The number of hydrogen-bond donors (Lipinski definition) is 3. The monoisotopic (exact) mass is 515 g/mol. The molecule has 4 aliphatic carbocycles. The Hall–Kier alpha value is -1.70. The Morgan fingerprint density at radius 3 is 2.70 bits per heavy atom. The molecule has 1 aromatic carbocycles. The fraction of sp³-hybridized carbons (Fsp3) is 0.767. The van der Waals surface area contributed by atoms with Crippen molar-refractivity contribution in [2.45, 2.75) is 77.2 Å². The normalized spacial score (nSPS) is 38.9. The maximum absolute atomic E-state index is 13.7. The quantitative estimate of drug-likeness (QED) is 0.328. The molecule has 4 N–H and O–H groups in total. The molecule has 0 bridgehead atoms. The smallest absolute Gasteiger partial charge is 0.157 e. The first kappa shape index (κ1) is 26.9. The number of benzene rings is 1. The van der Waals surface area contributed by atoms with Gasteiger partial charge in [-0.15, -0.1) is 0 Å². The molecule has 37 heavy (non-hydrogen) atoms. The molecule has 0 aromatic heterocycles. The standard InChI is InChI=1S/C30H46FN3O3/c1-4-37-18-30(36)14-12-21-19(16-30)5-7-23-22(21)11-13-29(2)24(23)8-9-25(29)28(35)17-34(32)27-10-6-20(31)15-26(27)33-3/h6,10,15,19,21-25,33,36H,4-5,7-9,11-14,16-18,32H2,1-3H3. The number of Topliss-reactive ketones (excluding diaryl/α,β-unsaturated/α-hetero) is 1. The predicted molar refractivity (Wildman–Crippen MR) is 145 cm³/mol. The van der Waals surface area contributed by atoms with Crippen molar-refractivity contribution in [3.05, 3.63) is 24.0 Å². The van der Waals surface area contributed by atoms with Gasteiger partial charge in [-0.05, 0) is 118 Å². The number of rotatable bonds is 8. The van der Waals surface area contributed by atoms with E-state index in [1.807, 2.05) is 6.92 Å². The fourth-order valence-electron chi connectivity index (χ4n) is 9.24. The first-order valence-corrected chi connectivity index (χ1v) is 14.5. The average molecular weight is 516 g/mol. The maximum atomic E-state index is 13.7. The third-order valence-corrected chi connectivity index (χ3v) is 10.9. The lowest BCUT2D eigenvalue weighted by Gasteiger charge is -2.57. The number of nitrogens with one attached hydrogen (secondary N) is 1. The molecule has 8 unspecified atom stereocenters. The zero-order chi connectivity index (χ0) is 26.4. The van der Waals surface area contributed by atoms with Gasteiger partial charge in [0.2, 0.25) is 0 Å². The van der Waals surface area contributed by atoms with Crippen LogP contribution in [0, 0.1) is 46.7 Å². The Bertz CT molecular complexity index is 991. The van der Waals surface area contributed by atoms with Crippen LogP contribution in [0.15, 0.2) is 18.2 Å². The lowest BCUT2D eigenvalue weighted by atomic mass is 9.49. The van der Waals surface area contributed by atoms with Gasteiger partial charge in [0.15, 0.2) is 5.78 Å². The Morgan fingerprint density at radius 2 is 1.95 bits per heavy atom. The highest BCUT2D eigenvalue weighted by Crippen LogP contribution is 2.64. The number of aliphatic hydroxyl groups is 1. The van der Waals surface area contributed by atoms with Crippen LogP contribution in [0.3, 0.4) is 0 Å². The molecule has 4 aliphatic rings. The number of halogens is 1. The number of carbonyl (C=O) groups excluding carboxylic acids is 1. The summed E-state index contributed by atoms with van der Waals surface area (Å²) in [5.74, 6) is 9.59. The van der Waals surface area contributed by atoms with E-state index in [0.717, 1.165) is 44.4 Å². The van der Waals surface area contributed by atoms with Crippen molar-refractivity contribution in [3.63, 3.8) is 0 Å². The molecule has 8 atom stereocenters. The van der Waals surface area contributed by atoms with Crippen LogP contribution < -0.4 is 16.2 Å². The minimum Gasteiger partial charge on any atom is -0.387 e. The zero-order valence-corrected chi connectivity index (χ0v) is 22.8. The SMILES string of the molecule is CCOCC1(O)CCC2C(CCC3C2CCC2(C)C(C(=O)CN(N)c4ccc(F)cc4NC)CCC32)C1. The van der Waals surface area contributed by atoms with Crippen molar-refractivity contribution in [2.24, 2.45) is 46.8 Å². The highest BCUT2D eigenvalue weighted by molar-refractivity contribution is 5.87. The molecule has 0 amide bonds. The molecule has 7 heteroatoms. The Balaban J connectivity index is 1.25. The molecule has 0 saturated heterocycles. The van der Waals surface area contributed by atoms with Crippen LogP contribution in [-0.4, -0.2) is 43.3 Å². The summed E-state index contributed by atoms with van der Waals surface area (Å²) in [6.45, 7) is 5.63. The summed E-state index contributed by atoms with van der Waals surface area (Å²) < 4.78 is 19.3. The number of nitrogens with two attached hydrogens (primary N) is 1. The Morgan fingerprint density at radius 1 is 1.16 bits per heavy atom. The number of anilines is 2. The highest BCUT2D eigenvalue weighted by atomic mass is 19.1. The molecule has 1 aromatic rings. The number of ether oxygens (including phenoxy) is 1. The van der Waals surface area contributed by atoms with Crippen molar-refractivity contribution in [2.75, 3.05) is 37.1 Å². The molecule has 4 saturated carbocycles. The summed E-state index contributed by atoms with van der Waals surface area (Å²) in [6.07, 6.45) is 9.63. The van der Waals surface area contributed by atoms with Gasteiger partial charge in [-0.25, -0.2) is 10.2 Å². The average Bonchev–Trinajstić information content (AvgIpc) is 3.24. The third-order valence-electron chi connectivity index (χ3n) is 10.9. The van der Waals surface area contributed by atoms with Crippen molar-refractivity contribution in [1.29, 1.82) is 0 Å². The summed E-state index contributed by atoms with van der Waals surface area (Å²) in [5, 5.41) is 15.6. The van der Waals surface area contributed by atoms with E-state index in [1.165, 1.54) is 36.4 Å². The fourth-order valence-corrected chi connectivity index (χ4v) is 9.24. The summed E-state index contributed by atoms with van der Waals surface area (Å²) in [6, 6.07) is 4.43. The van der Waals surface area contributed by atoms with Crippen LogP contribution in [0.25, 0.3) is 0 Å². The lowest BCUT2D eigenvalue weighted by Crippen LogP contribution is -2.52. The van der Waals surface area contributed by atoms with E-state index in [0.29, 0.717) is 48.3 Å². The van der Waals surface area contributed by atoms with Crippen molar-refractivity contribution in [3.8, 4) is 0 Å². The van der Waals surface area contributed by atoms with Crippen LogP contribution in [0.5, 0.6) is 0 Å². The van der Waals surface area contributed by atoms with E-state index in [-0.39, 0.29) is 29.5 Å². The highest BCUT2D eigenvalue weighted by Gasteiger charge is 2.59. The summed E-state index contributed by atoms with van der Waals surface area (Å²) in [4.78, 5) is 13.6. The Kier molecular flexibility index (Phi) is 7.60. The molecular weight excluding hydrogens is 469 g/mol. The topological polar surface area (TPSA) is 87.8 Å². The number of carbonyl (C=O) groups is 1. The molecule has 4 fully saturated rings. The minimum atomic E-state index is -0.649. The van der Waals surface area contributed by atoms with Gasteiger partial charge >= 0.3 is 0 Å². The van der Waals surface area contributed by atoms with Gasteiger partial charge in [-0.2, -0.15) is 0 Å². The van der Waals surface area contributed by atoms with Gasteiger partial charge in [-0.1, -0.05) is 6.92 Å². The van der Waals surface area contributed by atoms with Crippen LogP contribution in [-0.2, 0) is 9.53 Å². The predicted octanol–water partition coefficient (Wildman–Crippen LogP) is 5.15. The van der Waals surface area contributed by atoms with E-state index >= 15 is 0 Å². The molecule has 5 rings (SSSR count). The van der Waals surface area contributed by atoms with Crippen molar-refractivity contribution < 1.29 is 19.0 Å². The van der Waals surface area contributed by atoms with Gasteiger partial charge in [-0.3, -0.25) is 4.79 Å². The second-order valence-electron chi connectivity index (χ2n) is 12.7. The summed E-state index contributed by atoms with van der Waals surface area (Å²) in [7, 11) is 1.73.